The number of halogens is 1. The molecule has 3 heterocycles. The molecule has 3 aromatic carbocycles. The van der Waals surface area contributed by atoms with Crippen molar-refractivity contribution in [1.82, 2.24) is 24.9 Å². The number of methoxy groups -OCH3 is 1. The summed E-state index contributed by atoms with van der Waals surface area (Å²) in [5.74, 6) is -1.58. The number of nitrogens with one attached hydrogen (secondary N) is 3. The Kier molecular flexibility index (Phi) is 10.6. The summed E-state index contributed by atoms with van der Waals surface area (Å²) in [4.78, 5) is 53.9. The molecule has 16 heteroatoms. The molecule has 2 aliphatic carbocycles. The lowest BCUT2D eigenvalue weighted by Gasteiger charge is -2.35. The first-order valence-electron chi connectivity index (χ1n) is 19.4. The van der Waals surface area contributed by atoms with Crippen LogP contribution in [0.5, 0.6) is 11.6 Å². The van der Waals surface area contributed by atoms with Gasteiger partial charge in [0.05, 0.1) is 30.8 Å². The summed E-state index contributed by atoms with van der Waals surface area (Å²) in [7, 11) is -2.36. The van der Waals surface area contributed by atoms with Gasteiger partial charge in [0.15, 0.2) is 5.13 Å². The summed E-state index contributed by atoms with van der Waals surface area (Å²) in [6.07, 6.45) is 3.48. The number of pyridine rings is 1. The first-order chi connectivity index (χ1) is 28.1. The van der Waals surface area contributed by atoms with Gasteiger partial charge in [0.25, 0.3) is 5.91 Å². The molecule has 3 amide bonds. The van der Waals surface area contributed by atoms with E-state index >= 15 is 0 Å². The van der Waals surface area contributed by atoms with E-state index in [-0.39, 0.29) is 31.2 Å². The third-order valence-corrected chi connectivity index (χ3v) is 14.1. The van der Waals surface area contributed by atoms with Gasteiger partial charge in [-0.05, 0) is 59.7 Å². The molecule has 1 aliphatic heterocycles. The molecule has 3 fully saturated rings. The topological polar surface area (TPSA) is 169 Å². The van der Waals surface area contributed by atoms with Crippen LogP contribution in [-0.4, -0.2) is 83.6 Å². The lowest BCUT2D eigenvalue weighted by atomic mass is 9.85. The van der Waals surface area contributed by atoms with Gasteiger partial charge in [-0.2, -0.15) is 0 Å². The highest BCUT2D eigenvalue weighted by Gasteiger charge is 2.62. The summed E-state index contributed by atoms with van der Waals surface area (Å²) in [5, 5.41) is 12.0. The van der Waals surface area contributed by atoms with E-state index in [0.29, 0.717) is 39.5 Å². The standard InChI is InChI=1S/C43H45ClN6O7S2/c1-6-27-20-43(27,40(53)49-59(54,55)30-14-15-30)48-37(51)34-19-29(57-38-32-18-28(44)13-16-31(32)35(56-5)21-45-38)22-50(34)39(52)36(42(2,3)4)47-41-46-33(23-58-41)26-12-11-24-9-7-8-10-25(24)17-26/h6-13,16-18,21,23,27,29-30,34,36H,1,14-15,19-20,22H2,2-5H3,(H,46,47)(H,48,51)(H,49,53)/t27-,29-,34+,36-,43-/m1/s1. The average Bonchev–Trinajstić information content (AvgIpc) is 4.10. The third kappa shape index (κ3) is 8.07. The number of hydrogen-bond donors (Lipinski definition) is 3. The lowest BCUT2D eigenvalue weighted by molar-refractivity contribution is -0.141. The Morgan fingerprint density at radius 2 is 1.83 bits per heavy atom. The van der Waals surface area contributed by atoms with Crippen LogP contribution >= 0.6 is 22.9 Å². The van der Waals surface area contributed by atoms with E-state index in [2.05, 4.69) is 39.1 Å². The summed E-state index contributed by atoms with van der Waals surface area (Å²) in [6.45, 7) is 9.59. The Hall–Kier alpha value is -5.25. The van der Waals surface area contributed by atoms with Crippen molar-refractivity contribution in [3.8, 4) is 22.9 Å². The minimum atomic E-state index is -3.90. The molecule has 5 aromatic rings. The Labute approximate surface area is 351 Å². The molecule has 2 aromatic heterocycles. The first-order valence-corrected chi connectivity index (χ1v) is 22.2. The Balaban J connectivity index is 1.09. The summed E-state index contributed by atoms with van der Waals surface area (Å²) in [5.41, 5.74) is -0.521. The molecule has 3 N–H and O–H groups in total. The fourth-order valence-corrected chi connectivity index (χ4v) is 10.0. The lowest BCUT2D eigenvalue weighted by Crippen LogP contribution is -2.58. The van der Waals surface area contributed by atoms with Crippen LogP contribution < -0.4 is 24.8 Å². The van der Waals surface area contributed by atoms with Gasteiger partial charge in [-0.15, -0.1) is 17.9 Å². The van der Waals surface area contributed by atoms with Crippen molar-refractivity contribution in [2.75, 3.05) is 19.0 Å². The zero-order valence-electron chi connectivity index (χ0n) is 33.0. The molecule has 13 nitrogen and oxygen atoms in total. The van der Waals surface area contributed by atoms with E-state index < -0.39 is 62.1 Å². The molecular formula is C43H45ClN6O7S2. The highest BCUT2D eigenvalue weighted by Crippen LogP contribution is 2.46. The molecule has 0 bridgehead atoms. The van der Waals surface area contributed by atoms with E-state index in [1.807, 2.05) is 56.5 Å². The van der Waals surface area contributed by atoms with Crippen LogP contribution in [0, 0.1) is 11.3 Å². The van der Waals surface area contributed by atoms with E-state index in [1.54, 1.807) is 18.2 Å². The second-order valence-corrected chi connectivity index (χ2v) is 19.8. The van der Waals surface area contributed by atoms with Crippen molar-refractivity contribution in [1.29, 1.82) is 0 Å². The molecule has 3 aliphatic rings. The van der Waals surface area contributed by atoms with Gasteiger partial charge in [0, 0.05) is 39.1 Å². The zero-order valence-corrected chi connectivity index (χ0v) is 35.4. The number of hydrogen-bond acceptors (Lipinski definition) is 11. The first kappa shape index (κ1) is 40.5. The number of benzene rings is 3. The number of carbonyl (C=O) groups is 3. The van der Waals surface area contributed by atoms with E-state index in [1.165, 1.54) is 35.6 Å². The van der Waals surface area contributed by atoms with Crippen molar-refractivity contribution in [3.63, 3.8) is 0 Å². The molecule has 0 spiro atoms. The third-order valence-electron chi connectivity index (χ3n) is 11.3. The molecular weight excluding hydrogens is 812 g/mol. The predicted molar refractivity (Wildman–Crippen MR) is 229 cm³/mol. The number of ether oxygens (including phenoxy) is 2. The number of sulfonamides is 1. The highest BCUT2D eigenvalue weighted by atomic mass is 35.5. The maximum Gasteiger partial charge on any atom is 0.259 e. The van der Waals surface area contributed by atoms with Crippen LogP contribution in [0.1, 0.15) is 46.5 Å². The number of nitrogens with zero attached hydrogens (tertiary/aromatic N) is 3. The molecule has 308 valence electrons. The molecule has 1 saturated heterocycles. The van der Waals surface area contributed by atoms with Crippen molar-refractivity contribution in [2.24, 2.45) is 11.3 Å². The van der Waals surface area contributed by atoms with Gasteiger partial charge in [-0.25, -0.2) is 18.4 Å². The SMILES string of the molecule is C=C[C@@H]1C[C@]1(NC(=O)[C@@H]1C[C@@H](Oc2ncc(OC)c3ccc(Cl)cc23)CN1C(=O)[C@@H](Nc1nc(-c2ccc3ccccc3c2)cs1)C(C)(C)C)C(=O)NS(=O)(=O)C1CC1. The van der Waals surface area contributed by atoms with Gasteiger partial charge >= 0.3 is 0 Å². The summed E-state index contributed by atoms with van der Waals surface area (Å²) >= 11 is 7.77. The second-order valence-electron chi connectivity index (χ2n) is 16.5. The highest BCUT2D eigenvalue weighted by molar-refractivity contribution is 7.91. The average molecular weight is 857 g/mol. The monoisotopic (exact) mass is 856 g/mol. The van der Waals surface area contributed by atoms with Gasteiger partial charge in [0.2, 0.25) is 27.7 Å². The van der Waals surface area contributed by atoms with Crippen LogP contribution in [-0.2, 0) is 24.4 Å². The van der Waals surface area contributed by atoms with Crippen molar-refractivity contribution < 1.29 is 32.3 Å². The van der Waals surface area contributed by atoms with Crippen LogP contribution in [0.3, 0.4) is 0 Å². The molecule has 5 atom stereocenters. The molecule has 2 saturated carbocycles. The van der Waals surface area contributed by atoms with Crippen LogP contribution in [0.2, 0.25) is 5.02 Å². The predicted octanol–water partition coefficient (Wildman–Crippen LogP) is 6.72. The number of anilines is 1. The van der Waals surface area contributed by atoms with Crippen molar-refractivity contribution in [3.05, 3.63) is 89.9 Å². The summed E-state index contributed by atoms with van der Waals surface area (Å²) < 4.78 is 39.8. The Bertz CT molecular complexity index is 2610. The maximum atomic E-state index is 15.0. The Morgan fingerprint density at radius 3 is 2.53 bits per heavy atom. The Morgan fingerprint density at radius 1 is 1.07 bits per heavy atom. The summed E-state index contributed by atoms with van der Waals surface area (Å²) in [6, 6.07) is 17.5. The fourth-order valence-electron chi connectivity index (χ4n) is 7.73. The minimum Gasteiger partial charge on any atom is -0.494 e. The number of rotatable bonds is 13. The largest absolute Gasteiger partial charge is 0.494 e. The van der Waals surface area contributed by atoms with Gasteiger partial charge in [-0.3, -0.25) is 19.1 Å². The van der Waals surface area contributed by atoms with E-state index in [9.17, 15) is 22.8 Å². The molecule has 0 radical (unpaired) electrons. The number of fused-ring (bicyclic) bond motifs is 2. The zero-order chi connectivity index (χ0) is 41.9. The van der Waals surface area contributed by atoms with Crippen LogP contribution in [0.4, 0.5) is 5.13 Å². The molecule has 0 unspecified atom stereocenters. The van der Waals surface area contributed by atoms with Crippen LogP contribution in [0.25, 0.3) is 32.8 Å². The van der Waals surface area contributed by atoms with Crippen molar-refractivity contribution in [2.45, 2.75) is 75.4 Å². The second kappa shape index (κ2) is 15.4. The molecule has 8 rings (SSSR count). The van der Waals surface area contributed by atoms with Gasteiger partial charge < -0.3 is 25.0 Å². The number of likely N-dealkylation sites (tertiary alicyclic amines) is 1. The van der Waals surface area contributed by atoms with Gasteiger partial charge in [0.1, 0.15) is 29.5 Å². The van der Waals surface area contributed by atoms with E-state index in [4.69, 9.17) is 26.1 Å². The van der Waals surface area contributed by atoms with Crippen molar-refractivity contribution >= 4 is 77.4 Å². The van der Waals surface area contributed by atoms with Gasteiger partial charge in [-0.1, -0.05) is 74.8 Å². The number of carbonyl (C=O) groups excluding carboxylic acids is 3. The normalized spacial score (nSPS) is 22.1. The number of thiazole rings is 1. The fraction of sp³-hybridized carbons (Fsp3) is 0.372. The molecule has 59 heavy (non-hydrogen) atoms. The number of amides is 3. The van der Waals surface area contributed by atoms with Crippen LogP contribution in [0.15, 0.2) is 84.9 Å². The quantitative estimate of drug-likeness (QED) is 0.108. The minimum absolute atomic E-state index is 0.00129. The van der Waals surface area contributed by atoms with E-state index in [0.717, 1.165) is 22.0 Å². The number of aromatic nitrogens is 2. The maximum absolute atomic E-state index is 15.0. The smallest absolute Gasteiger partial charge is 0.259 e.